The van der Waals surface area contributed by atoms with Crippen LogP contribution < -0.4 is 10.6 Å². The molecule has 3 aromatic carbocycles. The molecule has 30 heavy (non-hydrogen) atoms. The molecular formula is C24H20N2O4. The Morgan fingerprint density at radius 3 is 2.33 bits per heavy atom. The van der Waals surface area contributed by atoms with Gasteiger partial charge in [-0.05, 0) is 54.5 Å². The van der Waals surface area contributed by atoms with Crippen LogP contribution in [0.5, 0.6) is 0 Å². The van der Waals surface area contributed by atoms with E-state index in [1.165, 1.54) is 18.2 Å². The van der Waals surface area contributed by atoms with Crippen molar-refractivity contribution in [3.63, 3.8) is 0 Å². The molecule has 0 unspecified atom stereocenters. The van der Waals surface area contributed by atoms with Gasteiger partial charge >= 0.3 is 5.97 Å². The standard InChI is InChI=1S/C24H20N2O4/c1-16-10-12-19(24(29)30)15-21(16)26-23(28)18-8-5-9-20(14-18)25-22(27)13-11-17-6-3-2-4-7-17/h2-15H,1H3,(H,25,27)(H,26,28)(H,29,30)/b13-11+. The molecule has 0 radical (unpaired) electrons. The molecule has 6 nitrogen and oxygen atoms in total. The Kier molecular flexibility index (Phi) is 6.39. The van der Waals surface area contributed by atoms with Gasteiger partial charge < -0.3 is 15.7 Å². The number of anilines is 2. The number of hydrogen-bond donors (Lipinski definition) is 3. The minimum Gasteiger partial charge on any atom is -0.478 e. The Labute approximate surface area is 173 Å². The van der Waals surface area contributed by atoms with Crippen LogP contribution in [0.15, 0.2) is 78.9 Å². The second kappa shape index (κ2) is 9.34. The number of amides is 2. The van der Waals surface area contributed by atoms with Crippen LogP contribution in [0.25, 0.3) is 6.08 Å². The second-order valence-corrected chi connectivity index (χ2v) is 6.60. The van der Waals surface area contributed by atoms with Crippen LogP contribution in [0.4, 0.5) is 11.4 Å². The van der Waals surface area contributed by atoms with Crippen LogP contribution in [0.2, 0.25) is 0 Å². The fraction of sp³-hybridized carbons (Fsp3) is 0.0417. The van der Waals surface area contributed by atoms with E-state index < -0.39 is 11.9 Å². The third-order valence-corrected chi connectivity index (χ3v) is 4.35. The van der Waals surface area contributed by atoms with Gasteiger partial charge in [-0.15, -0.1) is 0 Å². The Morgan fingerprint density at radius 2 is 1.60 bits per heavy atom. The average Bonchev–Trinajstić information content (AvgIpc) is 2.74. The van der Waals surface area contributed by atoms with Crippen molar-refractivity contribution in [3.8, 4) is 0 Å². The molecule has 0 aliphatic rings. The number of nitrogens with one attached hydrogen (secondary N) is 2. The largest absolute Gasteiger partial charge is 0.478 e. The molecule has 3 aromatic rings. The lowest BCUT2D eigenvalue weighted by molar-refractivity contribution is -0.111. The highest BCUT2D eigenvalue weighted by Crippen LogP contribution is 2.19. The van der Waals surface area contributed by atoms with Gasteiger partial charge in [0.2, 0.25) is 5.91 Å². The molecule has 0 aliphatic heterocycles. The molecule has 150 valence electrons. The maximum absolute atomic E-state index is 12.6. The van der Waals surface area contributed by atoms with Crippen molar-refractivity contribution < 1.29 is 19.5 Å². The summed E-state index contributed by atoms with van der Waals surface area (Å²) >= 11 is 0. The molecule has 0 bridgehead atoms. The lowest BCUT2D eigenvalue weighted by Crippen LogP contribution is -2.14. The number of carboxylic acid groups (broad SMARTS) is 1. The third kappa shape index (κ3) is 5.42. The summed E-state index contributed by atoms with van der Waals surface area (Å²) in [6.45, 7) is 1.77. The van der Waals surface area contributed by atoms with Crippen molar-refractivity contribution in [2.75, 3.05) is 10.6 Å². The van der Waals surface area contributed by atoms with Crippen LogP contribution in [0, 0.1) is 6.92 Å². The summed E-state index contributed by atoms with van der Waals surface area (Å²) in [5.41, 5.74) is 2.95. The molecule has 0 spiro atoms. The second-order valence-electron chi connectivity index (χ2n) is 6.60. The van der Waals surface area contributed by atoms with Crippen molar-refractivity contribution in [2.24, 2.45) is 0 Å². The molecule has 0 aromatic heterocycles. The van der Waals surface area contributed by atoms with Gasteiger partial charge in [-0.25, -0.2) is 4.79 Å². The zero-order valence-electron chi connectivity index (χ0n) is 16.3. The van der Waals surface area contributed by atoms with Crippen LogP contribution >= 0.6 is 0 Å². The van der Waals surface area contributed by atoms with Gasteiger partial charge in [0.25, 0.3) is 5.91 Å². The summed E-state index contributed by atoms with van der Waals surface area (Å²) in [7, 11) is 0. The summed E-state index contributed by atoms with van der Waals surface area (Å²) in [6.07, 6.45) is 3.12. The summed E-state index contributed by atoms with van der Waals surface area (Å²) in [6, 6.07) is 20.5. The van der Waals surface area contributed by atoms with Gasteiger partial charge in [-0.2, -0.15) is 0 Å². The van der Waals surface area contributed by atoms with Crippen molar-refractivity contribution in [3.05, 3.63) is 101 Å². The van der Waals surface area contributed by atoms with E-state index in [9.17, 15) is 14.4 Å². The zero-order chi connectivity index (χ0) is 21.5. The van der Waals surface area contributed by atoms with Gasteiger partial charge in [-0.3, -0.25) is 9.59 Å². The first-order valence-electron chi connectivity index (χ1n) is 9.22. The van der Waals surface area contributed by atoms with E-state index in [2.05, 4.69) is 10.6 Å². The molecule has 0 saturated heterocycles. The van der Waals surface area contributed by atoms with Gasteiger partial charge in [0.1, 0.15) is 0 Å². The highest BCUT2D eigenvalue weighted by Gasteiger charge is 2.11. The van der Waals surface area contributed by atoms with E-state index in [0.29, 0.717) is 16.9 Å². The third-order valence-electron chi connectivity index (χ3n) is 4.35. The summed E-state index contributed by atoms with van der Waals surface area (Å²) < 4.78 is 0. The number of hydrogen-bond acceptors (Lipinski definition) is 3. The Hall–Kier alpha value is -4.19. The minimum atomic E-state index is -1.07. The molecule has 0 atom stereocenters. The number of benzene rings is 3. The first kappa shape index (κ1) is 20.5. The number of aryl methyl sites for hydroxylation is 1. The maximum Gasteiger partial charge on any atom is 0.335 e. The van der Waals surface area contributed by atoms with Gasteiger partial charge in [0.15, 0.2) is 0 Å². The van der Waals surface area contributed by atoms with E-state index in [4.69, 9.17) is 5.11 Å². The predicted molar refractivity (Wildman–Crippen MR) is 117 cm³/mol. The molecule has 0 fully saturated rings. The topological polar surface area (TPSA) is 95.5 Å². The molecule has 6 heteroatoms. The summed E-state index contributed by atoms with van der Waals surface area (Å²) in [5.74, 6) is -1.79. The van der Waals surface area contributed by atoms with E-state index >= 15 is 0 Å². The van der Waals surface area contributed by atoms with Crippen molar-refractivity contribution in [2.45, 2.75) is 6.92 Å². The quantitative estimate of drug-likeness (QED) is 0.527. The van der Waals surface area contributed by atoms with E-state index in [1.54, 1.807) is 43.3 Å². The Bertz CT molecular complexity index is 1120. The van der Waals surface area contributed by atoms with E-state index in [0.717, 1.165) is 11.1 Å². The van der Waals surface area contributed by atoms with E-state index in [1.807, 2.05) is 30.3 Å². The van der Waals surface area contributed by atoms with Crippen LogP contribution in [0.1, 0.15) is 31.8 Å². The van der Waals surface area contributed by atoms with Crippen LogP contribution in [-0.4, -0.2) is 22.9 Å². The molecule has 3 N–H and O–H groups in total. The number of carbonyl (C=O) groups excluding carboxylic acids is 2. The van der Waals surface area contributed by atoms with Gasteiger partial charge in [-0.1, -0.05) is 42.5 Å². The smallest absolute Gasteiger partial charge is 0.335 e. The molecular weight excluding hydrogens is 380 g/mol. The first-order chi connectivity index (χ1) is 14.4. The van der Waals surface area contributed by atoms with Crippen LogP contribution in [0.3, 0.4) is 0 Å². The Balaban J connectivity index is 1.70. The maximum atomic E-state index is 12.6. The summed E-state index contributed by atoms with van der Waals surface area (Å²) in [5, 5.41) is 14.6. The highest BCUT2D eigenvalue weighted by atomic mass is 16.4. The SMILES string of the molecule is Cc1ccc(C(=O)O)cc1NC(=O)c1cccc(NC(=O)/C=C/c2ccccc2)c1. The normalized spacial score (nSPS) is 10.6. The molecule has 0 saturated carbocycles. The highest BCUT2D eigenvalue weighted by molar-refractivity contribution is 6.07. The molecule has 3 rings (SSSR count). The van der Waals surface area contributed by atoms with E-state index in [-0.39, 0.29) is 11.5 Å². The molecule has 0 aliphatic carbocycles. The minimum absolute atomic E-state index is 0.0853. The lowest BCUT2D eigenvalue weighted by atomic mass is 10.1. The predicted octanol–water partition coefficient (Wildman–Crippen LogP) is 4.60. The monoisotopic (exact) mass is 400 g/mol. The molecule has 2 amide bonds. The zero-order valence-corrected chi connectivity index (χ0v) is 16.3. The number of rotatable bonds is 6. The summed E-state index contributed by atoms with van der Waals surface area (Å²) in [4.78, 5) is 35.9. The lowest BCUT2D eigenvalue weighted by Gasteiger charge is -2.10. The number of carbonyl (C=O) groups is 3. The number of carboxylic acids is 1. The average molecular weight is 400 g/mol. The fourth-order valence-corrected chi connectivity index (χ4v) is 2.74. The molecule has 0 heterocycles. The van der Waals surface area contributed by atoms with Gasteiger partial charge in [0.05, 0.1) is 5.56 Å². The number of aromatic carboxylic acids is 1. The van der Waals surface area contributed by atoms with Crippen LogP contribution in [-0.2, 0) is 4.79 Å². The van der Waals surface area contributed by atoms with Crippen molar-refractivity contribution >= 4 is 35.2 Å². The van der Waals surface area contributed by atoms with Crippen molar-refractivity contribution in [1.29, 1.82) is 0 Å². The fourth-order valence-electron chi connectivity index (χ4n) is 2.74. The van der Waals surface area contributed by atoms with Crippen molar-refractivity contribution in [1.82, 2.24) is 0 Å². The van der Waals surface area contributed by atoms with Gasteiger partial charge in [0, 0.05) is 23.0 Å². The Morgan fingerprint density at radius 1 is 0.833 bits per heavy atom. The first-order valence-corrected chi connectivity index (χ1v) is 9.22.